The number of piperazine rings is 1. The zero-order valence-electron chi connectivity index (χ0n) is 26.9. The van der Waals surface area contributed by atoms with E-state index in [1.807, 2.05) is 0 Å². The molecule has 1 aliphatic carbocycles. The standard InChI is InChI=1S/C33H36Cl2F2N4O7S/c1-39(2)32(43)23-4-3-5-24(14-23)49(44,45)41-12-10-40(11-13-41)19-31(42)47-29(16-25-26(34)17-38-18-27(25)35)22-8-9-28(48-33(36)37)30(15-22)46-20-21-6-7-21/h3-5,8-9,14-15,17-18,21,29,33H,6-7,10-13,16,19-20H2,1-2H3/t29-/m0/s1. The molecule has 0 spiro atoms. The highest BCUT2D eigenvalue weighted by Gasteiger charge is 2.31. The van der Waals surface area contributed by atoms with Gasteiger partial charge in [-0.3, -0.25) is 19.5 Å². The van der Waals surface area contributed by atoms with Crippen LogP contribution in [-0.2, 0) is 26.0 Å². The largest absolute Gasteiger partial charge is 0.489 e. The smallest absolute Gasteiger partial charge is 0.387 e. The van der Waals surface area contributed by atoms with Gasteiger partial charge in [0.25, 0.3) is 5.91 Å². The van der Waals surface area contributed by atoms with Gasteiger partial charge in [0.05, 0.1) is 28.1 Å². The van der Waals surface area contributed by atoms with Crippen molar-refractivity contribution in [2.45, 2.75) is 36.9 Å². The van der Waals surface area contributed by atoms with Gasteiger partial charge < -0.3 is 19.1 Å². The third kappa shape index (κ3) is 9.57. The van der Waals surface area contributed by atoms with Crippen LogP contribution in [0.2, 0.25) is 10.0 Å². The maximum Gasteiger partial charge on any atom is 0.387 e. The molecule has 0 N–H and O–H groups in total. The van der Waals surface area contributed by atoms with Crippen molar-refractivity contribution in [3.63, 3.8) is 0 Å². The number of hydrogen-bond acceptors (Lipinski definition) is 9. The summed E-state index contributed by atoms with van der Waals surface area (Å²) in [6, 6.07) is 10.2. The Hall–Kier alpha value is -3.56. The summed E-state index contributed by atoms with van der Waals surface area (Å²) in [6.07, 6.45) is 3.88. The second-order valence-electron chi connectivity index (χ2n) is 12.0. The normalized spacial score (nSPS) is 16.3. The number of aromatic nitrogens is 1. The molecule has 2 aromatic carbocycles. The van der Waals surface area contributed by atoms with Gasteiger partial charge in [0, 0.05) is 64.7 Å². The van der Waals surface area contributed by atoms with E-state index in [9.17, 15) is 26.8 Å². The van der Waals surface area contributed by atoms with Crippen LogP contribution in [0.1, 0.15) is 40.4 Å². The fourth-order valence-electron chi connectivity index (χ4n) is 5.27. The minimum Gasteiger partial charge on any atom is -0.489 e. The van der Waals surface area contributed by atoms with Crippen LogP contribution < -0.4 is 9.47 Å². The first kappa shape index (κ1) is 36.7. The highest BCUT2D eigenvalue weighted by molar-refractivity contribution is 7.89. The Bertz CT molecular complexity index is 1750. The number of nitrogens with zero attached hydrogens (tertiary/aromatic N) is 4. The van der Waals surface area contributed by atoms with E-state index in [-0.39, 0.29) is 77.1 Å². The topological polar surface area (TPSA) is 119 Å². The predicted octanol–water partition coefficient (Wildman–Crippen LogP) is 5.31. The van der Waals surface area contributed by atoms with Gasteiger partial charge in [0.1, 0.15) is 6.10 Å². The van der Waals surface area contributed by atoms with E-state index in [0.717, 1.165) is 12.8 Å². The van der Waals surface area contributed by atoms with E-state index < -0.39 is 28.7 Å². The number of pyridine rings is 1. The maximum atomic E-state index is 13.4. The number of ether oxygens (including phenoxy) is 3. The van der Waals surface area contributed by atoms with Crippen molar-refractivity contribution < 1.29 is 41.0 Å². The molecular formula is C33H36Cl2F2N4O7S. The first-order valence-corrected chi connectivity index (χ1v) is 17.7. The first-order chi connectivity index (χ1) is 23.3. The average Bonchev–Trinajstić information content (AvgIpc) is 3.90. The molecule has 2 heterocycles. The Labute approximate surface area is 293 Å². The number of esters is 1. The second-order valence-corrected chi connectivity index (χ2v) is 14.8. The highest BCUT2D eigenvalue weighted by atomic mass is 35.5. The minimum atomic E-state index is -3.89. The fourth-order valence-corrected chi connectivity index (χ4v) is 7.26. The van der Waals surface area contributed by atoms with Crippen LogP contribution in [-0.4, -0.2) is 99.4 Å². The Morgan fingerprint density at radius 2 is 1.69 bits per heavy atom. The first-order valence-electron chi connectivity index (χ1n) is 15.5. The van der Waals surface area contributed by atoms with Gasteiger partial charge in [0.2, 0.25) is 10.0 Å². The Balaban J connectivity index is 1.29. The molecular weight excluding hydrogens is 705 g/mol. The van der Waals surface area contributed by atoms with Gasteiger partial charge in [-0.15, -0.1) is 0 Å². The van der Waals surface area contributed by atoms with Crippen molar-refractivity contribution in [2.24, 2.45) is 5.92 Å². The van der Waals surface area contributed by atoms with Crippen LogP contribution in [0.3, 0.4) is 0 Å². The molecule has 2 aliphatic rings. The quantitative estimate of drug-likeness (QED) is 0.203. The van der Waals surface area contributed by atoms with E-state index in [4.69, 9.17) is 32.7 Å². The molecule has 0 bridgehead atoms. The number of sulfonamides is 1. The fraction of sp³-hybridized carbons (Fsp3) is 0.424. The van der Waals surface area contributed by atoms with Crippen LogP contribution >= 0.6 is 23.2 Å². The zero-order valence-corrected chi connectivity index (χ0v) is 29.2. The van der Waals surface area contributed by atoms with E-state index in [2.05, 4.69) is 9.72 Å². The number of halogens is 4. The number of benzene rings is 2. The lowest BCUT2D eigenvalue weighted by atomic mass is 10.0. The van der Waals surface area contributed by atoms with Crippen molar-refractivity contribution in [1.82, 2.24) is 19.1 Å². The molecule has 1 saturated heterocycles. The van der Waals surface area contributed by atoms with Gasteiger partial charge in [-0.25, -0.2) is 8.42 Å². The minimum absolute atomic E-state index is 0.00906. The van der Waals surface area contributed by atoms with Crippen LogP contribution in [0.15, 0.2) is 59.8 Å². The third-order valence-corrected chi connectivity index (χ3v) is 10.7. The predicted molar refractivity (Wildman–Crippen MR) is 178 cm³/mol. The van der Waals surface area contributed by atoms with Crippen molar-refractivity contribution >= 4 is 45.1 Å². The molecule has 1 aliphatic heterocycles. The number of amides is 1. The molecule has 16 heteroatoms. The summed E-state index contributed by atoms with van der Waals surface area (Å²) in [5, 5.41) is 0.510. The molecule has 1 atom stereocenters. The van der Waals surface area contributed by atoms with Crippen LogP contribution in [0, 0.1) is 5.92 Å². The van der Waals surface area contributed by atoms with E-state index in [1.54, 1.807) is 25.1 Å². The van der Waals surface area contributed by atoms with E-state index in [0.29, 0.717) is 23.7 Å². The number of alkyl halides is 2. The van der Waals surface area contributed by atoms with Crippen molar-refractivity contribution in [3.8, 4) is 11.5 Å². The molecule has 0 unspecified atom stereocenters. The van der Waals surface area contributed by atoms with Crippen LogP contribution in [0.4, 0.5) is 8.78 Å². The summed E-state index contributed by atoms with van der Waals surface area (Å²) in [7, 11) is -0.723. The Morgan fingerprint density at radius 3 is 2.33 bits per heavy atom. The van der Waals surface area contributed by atoms with Gasteiger partial charge in [-0.05, 0) is 60.2 Å². The number of carbonyl (C=O) groups is 2. The summed E-state index contributed by atoms with van der Waals surface area (Å²) in [6.45, 7) is -2.17. The molecule has 0 radical (unpaired) electrons. The van der Waals surface area contributed by atoms with E-state index >= 15 is 0 Å². The van der Waals surface area contributed by atoms with Crippen LogP contribution in [0.25, 0.3) is 0 Å². The molecule has 1 saturated carbocycles. The molecule has 264 valence electrons. The van der Waals surface area contributed by atoms with E-state index in [1.165, 1.54) is 58.0 Å². The summed E-state index contributed by atoms with van der Waals surface area (Å²) < 4.78 is 70.9. The van der Waals surface area contributed by atoms with Crippen LogP contribution in [0.5, 0.6) is 11.5 Å². The van der Waals surface area contributed by atoms with Gasteiger partial charge >= 0.3 is 12.6 Å². The molecule has 1 amide bonds. The van der Waals surface area contributed by atoms with Crippen molar-refractivity contribution in [3.05, 3.63) is 81.6 Å². The molecule has 1 aromatic heterocycles. The molecule has 3 aromatic rings. The molecule has 49 heavy (non-hydrogen) atoms. The highest BCUT2D eigenvalue weighted by Crippen LogP contribution is 2.38. The van der Waals surface area contributed by atoms with Gasteiger partial charge in [-0.1, -0.05) is 35.3 Å². The van der Waals surface area contributed by atoms with Gasteiger partial charge in [-0.2, -0.15) is 13.1 Å². The lowest BCUT2D eigenvalue weighted by Gasteiger charge is -2.33. The Morgan fingerprint density at radius 1 is 1.00 bits per heavy atom. The molecule has 11 nitrogen and oxygen atoms in total. The van der Waals surface area contributed by atoms with Crippen molar-refractivity contribution in [2.75, 3.05) is 53.4 Å². The lowest BCUT2D eigenvalue weighted by molar-refractivity contribution is -0.151. The van der Waals surface area contributed by atoms with Crippen molar-refractivity contribution in [1.29, 1.82) is 0 Å². The lowest BCUT2D eigenvalue weighted by Crippen LogP contribution is -2.50. The average molecular weight is 742 g/mol. The summed E-state index contributed by atoms with van der Waals surface area (Å²) in [5.41, 5.74) is 1.17. The second kappa shape index (κ2) is 16.0. The summed E-state index contributed by atoms with van der Waals surface area (Å²) in [4.78, 5) is 32.9. The third-order valence-electron chi connectivity index (χ3n) is 8.15. The SMILES string of the molecule is CN(C)C(=O)c1cccc(S(=O)(=O)N2CCN(CC(=O)O[C@@H](Cc3c(Cl)cncc3Cl)c3ccc(OC(F)F)c(OCC4CC4)c3)CC2)c1. The Kier molecular flexibility index (Phi) is 12.0. The monoisotopic (exact) mass is 740 g/mol. The number of rotatable bonds is 14. The molecule has 5 rings (SSSR count). The molecule has 2 fully saturated rings. The number of carbonyl (C=O) groups excluding carboxylic acids is 2. The summed E-state index contributed by atoms with van der Waals surface area (Å²) in [5.74, 6) is -0.642. The zero-order chi connectivity index (χ0) is 35.3. The maximum absolute atomic E-state index is 13.4. The van der Waals surface area contributed by atoms with Gasteiger partial charge in [0.15, 0.2) is 11.5 Å². The summed E-state index contributed by atoms with van der Waals surface area (Å²) >= 11 is 12.8. The number of hydrogen-bond donors (Lipinski definition) is 0.